The Morgan fingerprint density at radius 3 is 2.26 bits per heavy atom. The van der Waals surface area contributed by atoms with Gasteiger partial charge in [0.15, 0.2) is 0 Å². The van der Waals surface area contributed by atoms with Crippen molar-refractivity contribution in [2.75, 3.05) is 26.2 Å². The maximum absolute atomic E-state index is 13.1. The molecule has 0 spiro atoms. The van der Waals surface area contributed by atoms with Crippen LogP contribution >= 0.6 is 23.4 Å². The molecule has 0 aliphatic carbocycles. The van der Waals surface area contributed by atoms with Crippen LogP contribution < -0.4 is 21.3 Å². The predicted molar refractivity (Wildman–Crippen MR) is 127 cm³/mol. The molecule has 1 aliphatic rings. The summed E-state index contributed by atoms with van der Waals surface area (Å²) < 4.78 is 38.1. The molecule has 0 bridgehead atoms. The molecule has 3 amide bonds. The summed E-state index contributed by atoms with van der Waals surface area (Å²) in [7, 11) is 0. The third-order valence-corrected chi connectivity index (χ3v) is 6.35. The van der Waals surface area contributed by atoms with Gasteiger partial charge in [0.05, 0.1) is 0 Å². The van der Waals surface area contributed by atoms with Gasteiger partial charge in [-0.05, 0) is 80.2 Å². The van der Waals surface area contributed by atoms with Crippen molar-refractivity contribution in [3.8, 4) is 0 Å². The zero-order chi connectivity index (χ0) is 25.5. The number of nitrogens with one attached hydrogen (secondary N) is 4. The minimum absolute atomic E-state index is 0.0279. The number of piperidine rings is 1. The number of halogens is 4. The van der Waals surface area contributed by atoms with E-state index in [4.69, 9.17) is 11.6 Å². The topological polar surface area (TPSA) is 99.3 Å². The molecule has 0 aromatic heterocycles. The molecule has 0 atom stereocenters. The average Bonchev–Trinajstić information content (AvgIpc) is 2.81. The van der Waals surface area contributed by atoms with Crippen LogP contribution in [-0.4, -0.2) is 54.9 Å². The molecule has 4 N–H and O–H groups in total. The van der Waals surface area contributed by atoms with Crippen molar-refractivity contribution in [2.24, 2.45) is 0 Å². The molecule has 2 aromatic carbocycles. The first-order chi connectivity index (χ1) is 16.6. The van der Waals surface area contributed by atoms with Gasteiger partial charge in [-0.25, -0.2) is 0 Å². The molecule has 1 fully saturated rings. The highest BCUT2D eigenvalue weighted by Crippen LogP contribution is 2.37. The zero-order valence-electron chi connectivity index (χ0n) is 18.5. The third kappa shape index (κ3) is 7.87. The van der Waals surface area contributed by atoms with E-state index in [0.717, 1.165) is 6.07 Å². The molecule has 0 saturated carbocycles. The van der Waals surface area contributed by atoms with Crippen molar-refractivity contribution in [3.05, 3.63) is 64.7 Å². The Morgan fingerprint density at radius 1 is 0.943 bits per heavy atom. The standard InChI is InChI=1S/C23H24ClF3N4O3S/c24-17-6-4-15(5-7-17)19(32)29-12-13-30-21(34)22(8-10-28-11-9-22)31-20(33)16-2-1-3-18(14-16)35-23(25,26)27/h1-7,14,28H,8-13H2,(H,29,32)(H,30,34)(H,31,33). The van der Waals surface area contributed by atoms with Crippen molar-refractivity contribution >= 4 is 41.1 Å². The Bertz CT molecular complexity index is 1060. The van der Waals surface area contributed by atoms with Crippen molar-refractivity contribution in [3.63, 3.8) is 0 Å². The van der Waals surface area contributed by atoms with E-state index in [9.17, 15) is 27.6 Å². The van der Waals surface area contributed by atoms with E-state index in [2.05, 4.69) is 21.3 Å². The summed E-state index contributed by atoms with van der Waals surface area (Å²) in [6, 6.07) is 11.5. The maximum atomic E-state index is 13.1. The predicted octanol–water partition coefficient (Wildman–Crippen LogP) is 3.35. The Kier molecular flexibility index (Phi) is 9.03. The number of amides is 3. The van der Waals surface area contributed by atoms with Gasteiger partial charge < -0.3 is 21.3 Å². The molecule has 0 radical (unpaired) electrons. The number of carbonyl (C=O) groups is 3. The molecule has 0 unspecified atom stereocenters. The van der Waals surface area contributed by atoms with Crippen LogP contribution in [0.2, 0.25) is 5.02 Å². The quantitative estimate of drug-likeness (QED) is 0.311. The Hall–Kier alpha value is -2.76. The first-order valence-electron chi connectivity index (χ1n) is 10.8. The van der Waals surface area contributed by atoms with Gasteiger partial charge in [0.2, 0.25) is 5.91 Å². The summed E-state index contributed by atoms with van der Waals surface area (Å²) >= 11 is 5.50. The summed E-state index contributed by atoms with van der Waals surface area (Å²) in [6.07, 6.45) is 0.609. The molecular weight excluding hydrogens is 505 g/mol. The van der Waals surface area contributed by atoms with Gasteiger partial charge >= 0.3 is 5.51 Å². The maximum Gasteiger partial charge on any atom is 0.446 e. The molecule has 1 saturated heterocycles. The lowest BCUT2D eigenvalue weighted by molar-refractivity contribution is -0.128. The third-order valence-electron chi connectivity index (χ3n) is 5.38. The van der Waals surface area contributed by atoms with Crippen molar-refractivity contribution in [1.29, 1.82) is 0 Å². The van der Waals surface area contributed by atoms with E-state index in [-0.39, 0.29) is 41.2 Å². The van der Waals surface area contributed by atoms with E-state index in [1.165, 1.54) is 18.2 Å². The van der Waals surface area contributed by atoms with Gasteiger partial charge in [0.25, 0.3) is 11.8 Å². The Morgan fingerprint density at radius 2 is 1.60 bits per heavy atom. The largest absolute Gasteiger partial charge is 0.446 e. The van der Waals surface area contributed by atoms with E-state index >= 15 is 0 Å². The lowest BCUT2D eigenvalue weighted by Gasteiger charge is -2.37. The molecule has 188 valence electrons. The number of hydrogen-bond acceptors (Lipinski definition) is 5. The molecule has 2 aromatic rings. The minimum Gasteiger partial charge on any atom is -0.352 e. The zero-order valence-corrected chi connectivity index (χ0v) is 20.1. The highest BCUT2D eigenvalue weighted by Gasteiger charge is 2.41. The van der Waals surface area contributed by atoms with E-state index in [1.807, 2.05) is 0 Å². The summed E-state index contributed by atoms with van der Waals surface area (Å²) in [5.74, 6) is -1.38. The van der Waals surface area contributed by atoms with Crippen LogP contribution in [0.15, 0.2) is 53.4 Å². The van der Waals surface area contributed by atoms with Crippen molar-refractivity contribution in [2.45, 2.75) is 28.8 Å². The van der Waals surface area contributed by atoms with Crippen LogP contribution in [0, 0.1) is 0 Å². The number of thioether (sulfide) groups is 1. The fraction of sp³-hybridized carbons (Fsp3) is 0.348. The second-order valence-electron chi connectivity index (χ2n) is 7.88. The van der Waals surface area contributed by atoms with Gasteiger partial charge in [-0.1, -0.05) is 17.7 Å². The molecular formula is C23H24ClF3N4O3S. The summed E-state index contributed by atoms with van der Waals surface area (Å²) in [5, 5.41) is 11.8. The summed E-state index contributed by atoms with van der Waals surface area (Å²) in [4.78, 5) is 38.0. The number of carbonyl (C=O) groups excluding carboxylic acids is 3. The summed E-state index contributed by atoms with van der Waals surface area (Å²) in [5.41, 5.74) is -5.25. The smallest absolute Gasteiger partial charge is 0.352 e. The van der Waals surface area contributed by atoms with Crippen LogP contribution in [0.4, 0.5) is 13.2 Å². The molecule has 1 aliphatic heterocycles. The van der Waals surface area contributed by atoms with E-state index in [0.29, 0.717) is 36.5 Å². The highest BCUT2D eigenvalue weighted by molar-refractivity contribution is 8.00. The fourth-order valence-electron chi connectivity index (χ4n) is 3.61. The van der Waals surface area contributed by atoms with Crippen LogP contribution in [0.1, 0.15) is 33.6 Å². The van der Waals surface area contributed by atoms with E-state index < -0.39 is 22.9 Å². The van der Waals surface area contributed by atoms with Gasteiger partial charge in [-0.3, -0.25) is 14.4 Å². The van der Waals surface area contributed by atoms with Crippen LogP contribution in [-0.2, 0) is 4.79 Å². The number of hydrogen-bond donors (Lipinski definition) is 4. The monoisotopic (exact) mass is 528 g/mol. The first kappa shape index (κ1) is 26.8. The van der Waals surface area contributed by atoms with Crippen molar-refractivity contribution in [1.82, 2.24) is 21.3 Å². The van der Waals surface area contributed by atoms with E-state index in [1.54, 1.807) is 24.3 Å². The number of alkyl halides is 3. The normalized spacial score (nSPS) is 15.2. The van der Waals surface area contributed by atoms with Gasteiger partial charge in [0.1, 0.15) is 5.54 Å². The first-order valence-corrected chi connectivity index (χ1v) is 12.0. The molecule has 7 nitrogen and oxygen atoms in total. The molecule has 3 rings (SSSR count). The summed E-state index contributed by atoms with van der Waals surface area (Å²) in [6.45, 7) is 1.24. The minimum atomic E-state index is -4.48. The van der Waals surface area contributed by atoms with Crippen molar-refractivity contribution < 1.29 is 27.6 Å². The molecule has 1 heterocycles. The molecule has 35 heavy (non-hydrogen) atoms. The second-order valence-corrected chi connectivity index (χ2v) is 9.46. The lowest BCUT2D eigenvalue weighted by atomic mass is 9.86. The number of rotatable bonds is 8. The lowest BCUT2D eigenvalue weighted by Crippen LogP contribution is -2.63. The average molecular weight is 529 g/mol. The Balaban J connectivity index is 1.59. The highest BCUT2D eigenvalue weighted by atomic mass is 35.5. The van der Waals surface area contributed by atoms with Gasteiger partial charge in [-0.2, -0.15) is 13.2 Å². The van der Waals surface area contributed by atoms with Crippen LogP contribution in [0.3, 0.4) is 0 Å². The fourth-order valence-corrected chi connectivity index (χ4v) is 4.34. The van der Waals surface area contributed by atoms with Crippen LogP contribution in [0.25, 0.3) is 0 Å². The second kappa shape index (κ2) is 11.8. The SMILES string of the molecule is O=C(NCCNC(=O)C1(NC(=O)c2cccc(SC(F)(F)F)c2)CCNCC1)c1ccc(Cl)cc1. The Labute approximate surface area is 209 Å². The van der Waals surface area contributed by atoms with Crippen LogP contribution in [0.5, 0.6) is 0 Å². The van der Waals surface area contributed by atoms with Gasteiger partial charge in [-0.15, -0.1) is 0 Å². The van der Waals surface area contributed by atoms with Gasteiger partial charge in [0, 0.05) is 34.1 Å². The molecule has 12 heteroatoms. The number of benzene rings is 2.